The lowest BCUT2D eigenvalue weighted by Gasteiger charge is -2.15. The number of furan rings is 1. The van der Waals surface area contributed by atoms with Gasteiger partial charge in [0.1, 0.15) is 11.3 Å². The maximum absolute atomic E-state index is 12.5. The Balaban J connectivity index is 1.48. The van der Waals surface area contributed by atoms with Gasteiger partial charge in [0.25, 0.3) is 0 Å². The SMILES string of the molecule is COc1ccc2c(CC(=O)NC(C)c3ccc4ccccc4c3)coc2c1. The topological polar surface area (TPSA) is 51.5 Å². The van der Waals surface area contributed by atoms with Gasteiger partial charge in [0.05, 0.1) is 25.8 Å². The van der Waals surface area contributed by atoms with Crippen LogP contribution >= 0.6 is 0 Å². The van der Waals surface area contributed by atoms with Gasteiger partial charge in [0.2, 0.25) is 5.91 Å². The normalized spacial score (nSPS) is 12.2. The molecule has 0 aliphatic rings. The summed E-state index contributed by atoms with van der Waals surface area (Å²) in [6.07, 6.45) is 1.92. The monoisotopic (exact) mass is 359 g/mol. The van der Waals surface area contributed by atoms with Crippen LogP contribution in [0.5, 0.6) is 5.75 Å². The Morgan fingerprint density at radius 1 is 1.07 bits per heavy atom. The first-order valence-electron chi connectivity index (χ1n) is 8.96. The summed E-state index contributed by atoms with van der Waals surface area (Å²) in [5, 5.41) is 6.38. The van der Waals surface area contributed by atoms with Gasteiger partial charge < -0.3 is 14.5 Å². The highest BCUT2D eigenvalue weighted by molar-refractivity contribution is 5.88. The molecule has 0 fully saturated rings. The molecule has 136 valence electrons. The van der Waals surface area contributed by atoms with Crippen molar-refractivity contribution in [3.8, 4) is 5.75 Å². The Bertz CT molecular complexity index is 1110. The number of benzene rings is 3. The van der Waals surface area contributed by atoms with Crippen LogP contribution in [0.1, 0.15) is 24.1 Å². The zero-order chi connectivity index (χ0) is 18.8. The van der Waals surface area contributed by atoms with Crippen molar-refractivity contribution in [1.82, 2.24) is 5.32 Å². The molecule has 1 heterocycles. The lowest BCUT2D eigenvalue weighted by atomic mass is 10.0. The van der Waals surface area contributed by atoms with Crippen LogP contribution in [0.4, 0.5) is 0 Å². The molecule has 1 atom stereocenters. The van der Waals surface area contributed by atoms with Crippen molar-refractivity contribution in [3.05, 3.63) is 78.1 Å². The number of fused-ring (bicyclic) bond motifs is 2. The summed E-state index contributed by atoms with van der Waals surface area (Å²) in [6, 6.07) is 20.0. The third-order valence-corrected chi connectivity index (χ3v) is 4.86. The summed E-state index contributed by atoms with van der Waals surface area (Å²) in [7, 11) is 1.62. The standard InChI is InChI=1S/C23H21NO3/c1-15(17-8-7-16-5-3-4-6-18(16)11-17)24-23(25)12-19-14-27-22-13-20(26-2)9-10-21(19)22/h3-11,13-15H,12H2,1-2H3,(H,24,25). The molecule has 0 saturated heterocycles. The number of nitrogens with one attached hydrogen (secondary N) is 1. The molecule has 0 saturated carbocycles. The zero-order valence-electron chi connectivity index (χ0n) is 15.4. The predicted octanol–water partition coefficient (Wildman–Crippen LogP) is 5.01. The lowest BCUT2D eigenvalue weighted by Crippen LogP contribution is -2.28. The summed E-state index contributed by atoms with van der Waals surface area (Å²) in [6.45, 7) is 2.00. The second kappa shape index (κ2) is 7.16. The molecular formula is C23H21NO3. The maximum atomic E-state index is 12.5. The second-order valence-corrected chi connectivity index (χ2v) is 6.70. The quantitative estimate of drug-likeness (QED) is 0.545. The van der Waals surface area contributed by atoms with E-state index in [0.717, 1.165) is 27.8 Å². The fraction of sp³-hybridized carbons (Fsp3) is 0.174. The minimum atomic E-state index is -0.0691. The van der Waals surface area contributed by atoms with Crippen molar-refractivity contribution in [2.24, 2.45) is 0 Å². The number of hydrogen-bond acceptors (Lipinski definition) is 3. The molecule has 0 aliphatic heterocycles. The van der Waals surface area contributed by atoms with Gasteiger partial charge in [-0.05, 0) is 41.5 Å². The number of ether oxygens (including phenoxy) is 1. The highest BCUT2D eigenvalue weighted by atomic mass is 16.5. The Hall–Kier alpha value is -3.27. The fourth-order valence-corrected chi connectivity index (χ4v) is 3.35. The highest BCUT2D eigenvalue weighted by Gasteiger charge is 2.14. The first-order chi connectivity index (χ1) is 13.1. The van der Waals surface area contributed by atoms with Gasteiger partial charge in [0, 0.05) is 17.0 Å². The van der Waals surface area contributed by atoms with Crippen LogP contribution in [0.15, 0.2) is 71.3 Å². The van der Waals surface area contributed by atoms with Gasteiger partial charge in [-0.3, -0.25) is 4.79 Å². The largest absolute Gasteiger partial charge is 0.497 e. The number of carbonyl (C=O) groups excluding carboxylic acids is 1. The summed E-state index contributed by atoms with van der Waals surface area (Å²) in [5.41, 5.74) is 2.68. The molecule has 4 nitrogen and oxygen atoms in total. The summed E-state index contributed by atoms with van der Waals surface area (Å²) in [4.78, 5) is 12.5. The summed E-state index contributed by atoms with van der Waals surface area (Å²) in [5.74, 6) is 0.701. The molecule has 4 rings (SSSR count). The molecule has 1 N–H and O–H groups in total. The Morgan fingerprint density at radius 3 is 2.70 bits per heavy atom. The van der Waals surface area contributed by atoms with Gasteiger partial charge in [-0.25, -0.2) is 0 Å². The molecule has 1 amide bonds. The van der Waals surface area contributed by atoms with Gasteiger partial charge in [-0.1, -0.05) is 36.4 Å². The van der Waals surface area contributed by atoms with Crippen LogP contribution in [0.2, 0.25) is 0 Å². The van der Waals surface area contributed by atoms with Gasteiger partial charge in [-0.15, -0.1) is 0 Å². The van der Waals surface area contributed by atoms with E-state index < -0.39 is 0 Å². The van der Waals surface area contributed by atoms with Crippen LogP contribution in [0.25, 0.3) is 21.7 Å². The van der Waals surface area contributed by atoms with Crippen molar-refractivity contribution in [3.63, 3.8) is 0 Å². The van der Waals surface area contributed by atoms with Gasteiger partial charge in [0.15, 0.2) is 0 Å². The van der Waals surface area contributed by atoms with Gasteiger partial charge >= 0.3 is 0 Å². The molecule has 3 aromatic carbocycles. The molecule has 0 bridgehead atoms. The van der Waals surface area contributed by atoms with Crippen LogP contribution in [-0.2, 0) is 11.2 Å². The van der Waals surface area contributed by atoms with E-state index in [1.54, 1.807) is 13.4 Å². The molecular weight excluding hydrogens is 338 g/mol. The first-order valence-corrected chi connectivity index (χ1v) is 8.96. The molecule has 4 heteroatoms. The number of carbonyl (C=O) groups is 1. The molecule has 0 radical (unpaired) electrons. The van der Waals surface area contributed by atoms with Crippen molar-refractivity contribution in [2.75, 3.05) is 7.11 Å². The van der Waals surface area contributed by atoms with E-state index in [1.807, 2.05) is 37.3 Å². The minimum absolute atomic E-state index is 0.0332. The number of rotatable bonds is 5. The van der Waals surface area contributed by atoms with Crippen LogP contribution in [-0.4, -0.2) is 13.0 Å². The average molecular weight is 359 g/mol. The zero-order valence-corrected chi connectivity index (χ0v) is 15.4. The summed E-state index contributed by atoms with van der Waals surface area (Å²) < 4.78 is 10.8. The molecule has 1 aromatic heterocycles. The van der Waals surface area contributed by atoms with E-state index in [4.69, 9.17) is 9.15 Å². The van der Waals surface area contributed by atoms with E-state index in [1.165, 1.54) is 10.8 Å². The van der Waals surface area contributed by atoms with E-state index in [9.17, 15) is 4.79 Å². The fourth-order valence-electron chi connectivity index (χ4n) is 3.35. The average Bonchev–Trinajstić information content (AvgIpc) is 3.09. The predicted molar refractivity (Wildman–Crippen MR) is 107 cm³/mol. The van der Waals surface area contributed by atoms with E-state index >= 15 is 0 Å². The Labute approximate surface area is 157 Å². The summed E-state index contributed by atoms with van der Waals surface area (Å²) >= 11 is 0. The Morgan fingerprint density at radius 2 is 1.89 bits per heavy atom. The first kappa shape index (κ1) is 17.2. The van der Waals surface area contributed by atoms with Crippen molar-refractivity contribution < 1.29 is 13.9 Å². The minimum Gasteiger partial charge on any atom is -0.497 e. The molecule has 1 unspecified atom stereocenters. The molecule has 0 spiro atoms. The Kier molecular flexibility index (Phi) is 4.55. The maximum Gasteiger partial charge on any atom is 0.225 e. The van der Waals surface area contributed by atoms with Crippen LogP contribution in [0.3, 0.4) is 0 Å². The van der Waals surface area contributed by atoms with Crippen molar-refractivity contribution in [2.45, 2.75) is 19.4 Å². The van der Waals surface area contributed by atoms with Crippen molar-refractivity contribution >= 4 is 27.6 Å². The van der Waals surface area contributed by atoms with Crippen LogP contribution < -0.4 is 10.1 Å². The second-order valence-electron chi connectivity index (χ2n) is 6.70. The van der Waals surface area contributed by atoms with Gasteiger partial charge in [-0.2, -0.15) is 0 Å². The van der Waals surface area contributed by atoms with E-state index in [2.05, 4.69) is 35.6 Å². The number of methoxy groups -OCH3 is 1. The highest BCUT2D eigenvalue weighted by Crippen LogP contribution is 2.26. The number of amides is 1. The third-order valence-electron chi connectivity index (χ3n) is 4.86. The van der Waals surface area contributed by atoms with E-state index in [-0.39, 0.29) is 18.4 Å². The molecule has 0 aliphatic carbocycles. The lowest BCUT2D eigenvalue weighted by molar-refractivity contribution is -0.121. The third kappa shape index (κ3) is 3.51. The molecule has 4 aromatic rings. The van der Waals surface area contributed by atoms with Crippen LogP contribution in [0, 0.1) is 0 Å². The smallest absolute Gasteiger partial charge is 0.225 e. The molecule has 27 heavy (non-hydrogen) atoms. The number of hydrogen-bond donors (Lipinski definition) is 1. The van der Waals surface area contributed by atoms with E-state index in [0.29, 0.717) is 0 Å². The van der Waals surface area contributed by atoms with Crippen molar-refractivity contribution in [1.29, 1.82) is 0 Å².